The minimum atomic E-state index is -0.698. The number of methoxy groups -OCH3 is 1. The van der Waals surface area contributed by atoms with E-state index in [4.69, 9.17) is 27.9 Å². The lowest BCUT2D eigenvalue weighted by molar-refractivity contribution is -0.384. The molecule has 3 rings (SSSR count). The summed E-state index contributed by atoms with van der Waals surface area (Å²) >= 11 is 13.4. The number of esters is 1. The lowest BCUT2D eigenvalue weighted by Gasteiger charge is -2.05. The zero-order valence-corrected chi connectivity index (χ0v) is 16.5. The van der Waals surface area contributed by atoms with Gasteiger partial charge in [0.15, 0.2) is 4.80 Å². The van der Waals surface area contributed by atoms with Gasteiger partial charge in [-0.05, 0) is 18.2 Å². The zero-order chi connectivity index (χ0) is 20.4. The quantitative estimate of drug-likeness (QED) is 0.349. The van der Waals surface area contributed by atoms with Crippen LogP contribution >= 0.6 is 34.5 Å². The lowest BCUT2D eigenvalue weighted by atomic mass is 10.2. The second-order valence-electron chi connectivity index (χ2n) is 5.51. The molecule has 0 unspecified atom stereocenters. The maximum absolute atomic E-state index is 12.6. The lowest BCUT2D eigenvalue weighted by Crippen LogP contribution is -2.22. The number of halogens is 2. The van der Waals surface area contributed by atoms with Crippen LogP contribution in [0.15, 0.2) is 41.4 Å². The normalized spacial score (nSPS) is 11.6. The Kier molecular flexibility index (Phi) is 5.78. The van der Waals surface area contributed by atoms with Gasteiger partial charge in [0.1, 0.15) is 6.54 Å². The van der Waals surface area contributed by atoms with Gasteiger partial charge in [-0.3, -0.25) is 19.7 Å². The van der Waals surface area contributed by atoms with Gasteiger partial charge in [0.05, 0.1) is 27.3 Å². The van der Waals surface area contributed by atoms with Crippen molar-refractivity contribution in [3.8, 4) is 0 Å². The largest absolute Gasteiger partial charge is 0.468 e. The van der Waals surface area contributed by atoms with Gasteiger partial charge in [-0.15, -0.1) is 0 Å². The molecule has 1 amide bonds. The molecule has 144 valence electrons. The first-order chi connectivity index (χ1) is 13.3. The number of carbonyl (C=O) groups excluding carboxylic acids is 2. The molecule has 0 bridgehead atoms. The molecule has 0 aliphatic carbocycles. The van der Waals surface area contributed by atoms with Gasteiger partial charge < -0.3 is 9.30 Å². The second-order valence-corrected chi connectivity index (χ2v) is 7.36. The van der Waals surface area contributed by atoms with Crippen molar-refractivity contribution in [3.05, 3.63) is 66.9 Å². The van der Waals surface area contributed by atoms with Gasteiger partial charge in [-0.25, -0.2) is 0 Å². The average Bonchev–Trinajstić information content (AvgIpc) is 2.98. The Morgan fingerprint density at radius 2 is 2.04 bits per heavy atom. The smallest absolute Gasteiger partial charge is 0.325 e. The van der Waals surface area contributed by atoms with Crippen molar-refractivity contribution in [3.63, 3.8) is 0 Å². The maximum atomic E-state index is 12.6. The minimum Gasteiger partial charge on any atom is -0.468 e. The molecule has 1 heterocycles. The first-order valence-electron chi connectivity index (χ1n) is 7.69. The molecule has 0 spiro atoms. The molecular weight excluding hydrogens is 429 g/mol. The number of benzene rings is 2. The Labute approximate surface area is 171 Å². The second kappa shape index (κ2) is 8.09. The van der Waals surface area contributed by atoms with Crippen LogP contribution < -0.4 is 4.80 Å². The van der Waals surface area contributed by atoms with E-state index in [-0.39, 0.29) is 27.6 Å². The zero-order valence-electron chi connectivity index (χ0n) is 14.2. The average molecular weight is 440 g/mol. The van der Waals surface area contributed by atoms with Crippen LogP contribution in [0.5, 0.6) is 0 Å². The number of hydrogen-bond donors (Lipinski definition) is 0. The molecule has 3 aromatic rings. The third kappa shape index (κ3) is 4.06. The number of nitrogens with zero attached hydrogens (tertiary/aromatic N) is 3. The highest BCUT2D eigenvalue weighted by atomic mass is 35.5. The number of amides is 1. The third-order valence-electron chi connectivity index (χ3n) is 3.71. The SMILES string of the molecule is COC(=O)Cn1c(=NC(=O)c2cccc([N+](=O)[O-])c2)sc2cc(Cl)cc(Cl)c21. The fourth-order valence-corrected chi connectivity index (χ4v) is 4.27. The summed E-state index contributed by atoms with van der Waals surface area (Å²) in [5.41, 5.74) is 0.294. The molecule has 0 atom stereocenters. The predicted octanol–water partition coefficient (Wildman–Crippen LogP) is 3.83. The van der Waals surface area contributed by atoms with Crippen molar-refractivity contribution in [1.29, 1.82) is 0 Å². The number of hydrogen-bond acceptors (Lipinski definition) is 6. The first kappa shape index (κ1) is 20.0. The van der Waals surface area contributed by atoms with Crippen LogP contribution in [-0.4, -0.2) is 28.5 Å². The summed E-state index contributed by atoms with van der Waals surface area (Å²) in [5.74, 6) is -1.26. The van der Waals surface area contributed by atoms with Gasteiger partial charge in [0.25, 0.3) is 11.6 Å². The molecule has 0 saturated heterocycles. The van der Waals surface area contributed by atoms with E-state index in [1.54, 1.807) is 6.07 Å². The molecular formula is C17H11Cl2N3O5S. The summed E-state index contributed by atoms with van der Waals surface area (Å²) in [6, 6.07) is 8.37. The topological polar surface area (TPSA) is 104 Å². The number of carbonyl (C=O) groups is 2. The number of non-ortho nitro benzene ring substituents is 1. The Balaban J connectivity index is 2.18. The van der Waals surface area contributed by atoms with Gasteiger partial charge in [0.2, 0.25) is 0 Å². The summed E-state index contributed by atoms with van der Waals surface area (Å²) in [6.07, 6.45) is 0. The summed E-state index contributed by atoms with van der Waals surface area (Å²) in [5, 5.41) is 11.6. The number of thiazole rings is 1. The van der Waals surface area contributed by atoms with Crippen LogP contribution in [0.2, 0.25) is 10.0 Å². The standard InChI is InChI=1S/C17H11Cl2N3O5S/c1-27-14(23)8-21-15-12(19)6-10(18)7-13(15)28-17(21)20-16(24)9-3-2-4-11(5-9)22(25)26/h2-7H,8H2,1H3. The van der Waals surface area contributed by atoms with E-state index in [1.165, 1.54) is 35.9 Å². The number of nitro benzene ring substituents is 1. The number of rotatable bonds is 4. The molecule has 0 saturated carbocycles. The van der Waals surface area contributed by atoms with Crippen LogP contribution in [0.25, 0.3) is 10.2 Å². The third-order valence-corrected chi connectivity index (χ3v) is 5.24. The van der Waals surface area contributed by atoms with Gasteiger partial charge in [0, 0.05) is 22.7 Å². The number of aromatic nitrogens is 1. The Morgan fingerprint density at radius 3 is 2.71 bits per heavy atom. The van der Waals surface area contributed by atoms with Crippen molar-refractivity contribution in [1.82, 2.24) is 4.57 Å². The Bertz CT molecular complexity index is 1190. The highest BCUT2D eigenvalue weighted by Crippen LogP contribution is 2.29. The van der Waals surface area contributed by atoms with E-state index in [9.17, 15) is 19.7 Å². The summed E-state index contributed by atoms with van der Waals surface area (Å²) in [6.45, 7) is -0.223. The van der Waals surface area contributed by atoms with Crippen LogP contribution in [0.4, 0.5) is 5.69 Å². The van der Waals surface area contributed by atoms with E-state index < -0.39 is 16.8 Å². The van der Waals surface area contributed by atoms with Gasteiger partial charge in [-0.2, -0.15) is 4.99 Å². The van der Waals surface area contributed by atoms with Gasteiger partial charge in [-0.1, -0.05) is 40.6 Å². The first-order valence-corrected chi connectivity index (χ1v) is 9.26. The molecule has 8 nitrogen and oxygen atoms in total. The fourth-order valence-electron chi connectivity index (χ4n) is 2.46. The predicted molar refractivity (Wildman–Crippen MR) is 105 cm³/mol. The van der Waals surface area contributed by atoms with Gasteiger partial charge >= 0.3 is 5.97 Å². The van der Waals surface area contributed by atoms with Crippen LogP contribution in [0, 0.1) is 10.1 Å². The Hall–Kier alpha value is -2.75. The van der Waals surface area contributed by atoms with E-state index in [1.807, 2.05) is 0 Å². The number of nitro groups is 1. The number of fused-ring (bicyclic) bond motifs is 1. The van der Waals surface area contributed by atoms with E-state index in [2.05, 4.69) is 4.99 Å². The van der Waals surface area contributed by atoms with E-state index in [0.29, 0.717) is 15.2 Å². The highest BCUT2D eigenvalue weighted by Gasteiger charge is 2.16. The molecule has 1 aromatic heterocycles. The fraction of sp³-hybridized carbons (Fsp3) is 0.118. The Morgan fingerprint density at radius 1 is 1.29 bits per heavy atom. The van der Waals surface area contributed by atoms with E-state index in [0.717, 1.165) is 17.4 Å². The molecule has 0 N–H and O–H groups in total. The summed E-state index contributed by atoms with van der Waals surface area (Å²) < 4.78 is 6.76. The van der Waals surface area contributed by atoms with Crippen LogP contribution in [-0.2, 0) is 16.1 Å². The van der Waals surface area contributed by atoms with E-state index >= 15 is 0 Å². The minimum absolute atomic E-state index is 0.0420. The molecule has 11 heteroatoms. The molecule has 28 heavy (non-hydrogen) atoms. The molecule has 0 aliphatic heterocycles. The molecule has 0 radical (unpaired) electrons. The van der Waals surface area contributed by atoms with Crippen molar-refractivity contribution >= 4 is 62.3 Å². The van der Waals surface area contributed by atoms with Crippen molar-refractivity contribution in [2.24, 2.45) is 4.99 Å². The van der Waals surface area contributed by atoms with Crippen LogP contribution in [0.1, 0.15) is 10.4 Å². The van der Waals surface area contributed by atoms with Crippen molar-refractivity contribution in [2.75, 3.05) is 7.11 Å². The number of ether oxygens (including phenoxy) is 1. The molecule has 0 fully saturated rings. The summed E-state index contributed by atoms with van der Waals surface area (Å²) in [7, 11) is 1.24. The molecule has 0 aliphatic rings. The molecule has 2 aromatic carbocycles. The summed E-state index contributed by atoms with van der Waals surface area (Å²) in [4.78, 5) is 38.9. The maximum Gasteiger partial charge on any atom is 0.325 e. The monoisotopic (exact) mass is 439 g/mol. The van der Waals surface area contributed by atoms with Crippen LogP contribution in [0.3, 0.4) is 0 Å². The highest BCUT2D eigenvalue weighted by molar-refractivity contribution is 7.16. The van der Waals surface area contributed by atoms with Crippen molar-refractivity contribution < 1.29 is 19.2 Å². The van der Waals surface area contributed by atoms with Crippen molar-refractivity contribution in [2.45, 2.75) is 6.54 Å².